The Labute approximate surface area is 115 Å². The van der Waals surface area contributed by atoms with Gasteiger partial charge in [0.15, 0.2) is 5.16 Å². The molecular formula is C13H15N3O2S. The molecule has 0 aliphatic carbocycles. The van der Waals surface area contributed by atoms with Crippen molar-refractivity contribution >= 4 is 17.7 Å². The van der Waals surface area contributed by atoms with Crippen molar-refractivity contribution in [1.82, 2.24) is 14.5 Å². The van der Waals surface area contributed by atoms with E-state index in [1.807, 2.05) is 29.8 Å². The lowest BCUT2D eigenvalue weighted by Gasteiger charge is -2.17. The van der Waals surface area contributed by atoms with Crippen LogP contribution in [0.4, 0.5) is 0 Å². The van der Waals surface area contributed by atoms with Crippen molar-refractivity contribution in [3.8, 4) is 0 Å². The van der Waals surface area contributed by atoms with E-state index in [0.717, 1.165) is 16.4 Å². The van der Waals surface area contributed by atoms with Crippen molar-refractivity contribution in [2.24, 2.45) is 0 Å². The fourth-order valence-electron chi connectivity index (χ4n) is 1.90. The van der Waals surface area contributed by atoms with Crippen LogP contribution in [0.5, 0.6) is 0 Å². The number of aryl methyl sites for hydroxylation is 1. The molecule has 0 radical (unpaired) electrons. The van der Waals surface area contributed by atoms with E-state index in [2.05, 4.69) is 16.9 Å². The normalized spacial score (nSPS) is 12.3. The number of nitrogens with zero attached hydrogens (tertiary/aromatic N) is 3. The highest BCUT2D eigenvalue weighted by Crippen LogP contribution is 2.26. The first kappa shape index (κ1) is 13.6. The van der Waals surface area contributed by atoms with E-state index in [-0.39, 0.29) is 11.8 Å². The molecule has 0 spiro atoms. The number of imidazole rings is 1. The predicted molar refractivity (Wildman–Crippen MR) is 73.4 cm³/mol. The summed E-state index contributed by atoms with van der Waals surface area (Å²) in [6, 6.07) is 3.97. The molecule has 0 aliphatic rings. The van der Waals surface area contributed by atoms with Gasteiger partial charge in [0.1, 0.15) is 0 Å². The van der Waals surface area contributed by atoms with Crippen molar-refractivity contribution in [1.29, 1.82) is 0 Å². The Hall–Kier alpha value is -1.82. The van der Waals surface area contributed by atoms with Crippen LogP contribution in [0, 0.1) is 6.92 Å². The second kappa shape index (κ2) is 5.88. The number of rotatable bonds is 5. The molecular weight excluding hydrogens is 262 g/mol. The molecule has 2 rings (SSSR count). The molecule has 100 valence electrons. The predicted octanol–water partition coefficient (Wildman–Crippen LogP) is 2.37. The number of carbonyl (C=O) groups is 1. The van der Waals surface area contributed by atoms with Crippen LogP contribution in [0.15, 0.2) is 35.9 Å². The van der Waals surface area contributed by atoms with E-state index < -0.39 is 5.97 Å². The van der Waals surface area contributed by atoms with Gasteiger partial charge < -0.3 is 9.67 Å². The number of hydrogen-bond acceptors (Lipinski definition) is 4. The van der Waals surface area contributed by atoms with E-state index in [1.54, 1.807) is 12.4 Å². The molecule has 19 heavy (non-hydrogen) atoms. The fraction of sp³-hybridized carbons (Fsp3) is 0.308. The number of carboxylic acid groups (broad SMARTS) is 1. The Morgan fingerprint density at radius 1 is 1.53 bits per heavy atom. The molecule has 0 amide bonds. The van der Waals surface area contributed by atoms with Crippen LogP contribution in [-0.4, -0.2) is 31.4 Å². The van der Waals surface area contributed by atoms with E-state index in [1.165, 1.54) is 11.8 Å². The lowest BCUT2D eigenvalue weighted by Crippen LogP contribution is -2.11. The molecule has 1 atom stereocenters. The van der Waals surface area contributed by atoms with Gasteiger partial charge in [-0.1, -0.05) is 17.8 Å². The van der Waals surface area contributed by atoms with E-state index >= 15 is 0 Å². The maximum atomic E-state index is 10.7. The number of hydrogen-bond donors (Lipinski definition) is 1. The summed E-state index contributed by atoms with van der Waals surface area (Å²) >= 11 is 1.23. The minimum Gasteiger partial charge on any atom is -0.481 e. The highest BCUT2D eigenvalue weighted by atomic mass is 32.2. The van der Waals surface area contributed by atoms with Gasteiger partial charge in [0, 0.05) is 24.3 Å². The first-order chi connectivity index (χ1) is 9.09. The van der Waals surface area contributed by atoms with E-state index in [4.69, 9.17) is 5.11 Å². The maximum Gasteiger partial charge on any atom is 0.313 e. The minimum atomic E-state index is -0.841. The molecule has 2 aromatic rings. The average Bonchev–Trinajstić information content (AvgIpc) is 2.78. The Morgan fingerprint density at radius 2 is 2.32 bits per heavy atom. The van der Waals surface area contributed by atoms with Gasteiger partial charge in [-0.25, -0.2) is 4.98 Å². The topological polar surface area (TPSA) is 68.0 Å². The summed E-state index contributed by atoms with van der Waals surface area (Å²) in [4.78, 5) is 19.1. The fourth-order valence-corrected chi connectivity index (χ4v) is 2.72. The first-order valence-electron chi connectivity index (χ1n) is 5.88. The zero-order valence-corrected chi connectivity index (χ0v) is 11.6. The zero-order chi connectivity index (χ0) is 13.8. The summed E-state index contributed by atoms with van der Waals surface area (Å²) in [5, 5.41) is 9.48. The van der Waals surface area contributed by atoms with Gasteiger partial charge in [0.05, 0.1) is 11.8 Å². The summed E-state index contributed by atoms with van der Waals surface area (Å²) in [5.41, 5.74) is 2.07. The first-order valence-corrected chi connectivity index (χ1v) is 6.86. The van der Waals surface area contributed by atoms with Crippen LogP contribution in [0.3, 0.4) is 0 Å². The smallest absolute Gasteiger partial charge is 0.313 e. The SMILES string of the molecule is Cc1cnc(SCC(=O)O)n1C(C)c1cccnc1. The highest BCUT2D eigenvalue weighted by molar-refractivity contribution is 7.99. The Balaban J connectivity index is 2.28. The molecule has 0 aliphatic heterocycles. The molecule has 2 aromatic heterocycles. The lowest BCUT2D eigenvalue weighted by atomic mass is 10.1. The van der Waals surface area contributed by atoms with Crippen LogP contribution in [0.25, 0.3) is 0 Å². The number of pyridine rings is 1. The largest absolute Gasteiger partial charge is 0.481 e. The lowest BCUT2D eigenvalue weighted by molar-refractivity contribution is -0.133. The van der Waals surface area contributed by atoms with Gasteiger partial charge in [-0.15, -0.1) is 0 Å². The molecule has 5 nitrogen and oxygen atoms in total. The third-order valence-electron chi connectivity index (χ3n) is 2.83. The molecule has 1 N–H and O–H groups in total. The van der Waals surface area contributed by atoms with Gasteiger partial charge in [0.2, 0.25) is 0 Å². The van der Waals surface area contributed by atoms with Crippen molar-refractivity contribution < 1.29 is 9.90 Å². The molecule has 6 heteroatoms. The van der Waals surface area contributed by atoms with Crippen LogP contribution >= 0.6 is 11.8 Å². The minimum absolute atomic E-state index is 0.0101. The summed E-state index contributed by atoms with van der Waals surface area (Å²) in [5.74, 6) is -0.831. The van der Waals surface area contributed by atoms with Crippen molar-refractivity contribution in [3.63, 3.8) is 0 Å². The van der Waals surface area contributed by atoms with Gasteiger partial charge >= 0.3 is 5.97 Å². The summed E-state index contributed by atoms with van der Waals surface area (Å²) in [7, 11) is 0. The van der Waals surface area contributed by atoms with Crippen LogP contribution in [0.2, 0.25) is 0 Å². The highest BCUT2D eigenvalue weighted by Gasteiger charge is 2.16. The standard InChI is InChI=1S/C13H15N3O2S/c1-9-6-15-13(19-8-12(17)18)16(9)10(2)11-4-3-5-14-7-11/h3-7,10H,8H2,1-2H3,(H,17,18). The quantitative estimate of drug-likeness (QED) is 0.850. The van der Waals surface area contributed by atoms with Crippen molar-refractivity contribution in [2.45, 2.75) is 25.0 Å². The molecule has 0 bridgehead atoms. The molecule has 0 fully saturated rings. The Bertz CT molecular complexity index is 569. The molecule has 1 unspecified atom stereocenters. The van der Waals surface area contributed by atoms with Gasteiger partial charge in [-0.2, -0.15) is 0 Å². The average molecular weight is 277 g/mol. The summed E-state index contributed by atoms with van der Waals surface area (Å²) in [6.45, 7) is 4.02. The Kier molecular flexibility index (Phi) is 4.21. The zero-order valence-electron chi connectivity index (χ0n) is 10.8. The molecule has 0 saturated heterocycles. The number of aromatic nitrogens is 3. The maximum absolute atomic E-state index is 10.7. The monoisotopic (exact) mass is 277 g/mol. The Morgan fingerprint density at radius 3 is 2.95 bits per heavy atom. The van der Waals surface area contributed by atoms with Gasteiger partial charge in [-0.3, -0.25) is 9.78 Å². The summed E-state index contributed by atoms with van der Waals surface area (Å²) in [6.07, 6.45) is 5.31. The van der Waals surface area contributed by atoms with Gasteiger partial charge in [0.25, 0.3) is 0 Å². The third-order valence-corrected chi connectivity index (χ3v) is 3.78. The van der Waals surface area contributed by atoms with Crippen LogP contribution in [0.1, 0.15) is 24.2 Å². The number of thioether (sulfide) groups is 1. The van der Waals surface area contributed by atoms with Crippen LogP contribution < -0.4 is 0 Å². The number of carboxylic acids is 1. The third kappa shape index (κ3) is 3.14. The second-order valence-electron chi connectivity index (χ2n) is 4.20. The van der Waals surface area contributed by atoms with Gasteiger partial charge in [-0.05, 0) is 25.5 Å². The second-order valence-corrected chi connectivity index (χ2v) is 5.14. The van der Waals surface area contributed by atoms with Crippen molar-refractivity contribution in [2.75, 3.05) is 5.75 Å². The summed E-state index contributed by atoms with van der Waals surface area (Å²) < 4.78 is 2.03. The van der Waals surface area contributed by atoms with E-state index in [9.17, 15) is 4.79 Å². The molecule has 2 heterocycles. The van der Waals surface area contributed by atoms with Crippen molar-refractivity contribution in [3.05, 3.63) is 42.0 Å². The van der Waals surface area contributed by atoms with Crippen LogP contribution in [-0.2, 0) is 4.79 Å². The molecule has 0 saturated carbocycles. The number of aliphatic carboxylic acids is 1. The van der Waals surface area contributed by atoms with E-state index in [0.29, 0.717) is 0 Å². The molecule has 0 aromatic carbocycles.